The van der Waals surface area contributed by atoms with Crippen LogP contribution in [0.25, 0.3) is 0 Å². The molecule has 2 aromatic rings. The zero-order valence-electron chi connectivity index (χ0n) is 14.5. The molecule has 0 saturated carbocycles. The van der Waals surface area contributed by atoms with Crippen LogP contribution in [0.1, 0.15) is 42.5 Å². The van der Waals surface area contributed by atoms with Crippen molar-refractivity contribution in [1.29, 1.82) is 0 Å². The van der Waals surface area contributed by atoms with Crippen LogP contribution in [0.4, 0.5) is 0 Å². The molecule has 3 rings (SSSR count). The van der Waals surface area contributed by atoms with Crippen LogP contribution in [0.2, 0.25) is 0 Å². The number of carbonyl (C=O) groups excluding carboxylic acids is 1. The van der Waals surface area contributed by atoms with Crippen molar-refractivity contribution in [2.45, 2.75) is 32.6 Å². The largest absolute Gasteiger partial charge is 0.454 e. The standard InChI is InChI=1S/C18H23N3O3/c1-18(2,3)16-10-13(21(4)20-16)17(22)19-8-7-12-5-6-14-15(9-12)24-11-23-14/h5-6,9-10H,7-8,11H2,1-4H3,(H,19,22). The zero-order valence-corrected chi connectivity index (χ0v) is 14.5. The van der Waals surface area contributed by atoms with Crippen molar-refractivity contribution >= 4 is 5.91 Å². The summed E-state index contributed by atoms with van der Waals surface area (Å²) in [5.74, 6) is 1.42. The van der Waals surface area contributed by atoms with Gasteiger partial charge in [0.05, 0.1) is 5.69 Å². The van der Waals surface area contributed by atoms with Gasteiger partial charge in [-0.3, -0.25) is 9.48 Å². The van der Waals surface area contributed by atoms with Gasteiger partial charge in [0.1, 0.15) is 5.69 Å². The van der Waals surface area contributed by atoms with Crippen LogP contribution in [0, 0.1) is 0 Å². The lowest BCUT2D eigenvalue weighted by atomic mass is 9.92. The molecule has 0 bridgehead atoms. The number of ether oxygens (including phenoxy) is 2. The monoisotopic (exact) mass is 329 g/mol. The van der Waals surface area contributed by atoms with Gasteiger partial charge in [0.15, 0.2) is 11.5 Å². The topological polar surface area (TPSA) is 65.4 Å². The summed E-state index contributed by atoms with van der Waals surface area (Å²) < 4.78 is 12.3. The molecule has 1 aliphatic heterocycles. The highest BCUT2D eigenvalue weighted by Crippen LogP contribution is 2.32. The molecule has 128 valence electrons. The molecule has 1 N–H and O–H groups in total. The van der Waals surface area contributed by atoms with Gasteiger partial charge in [-0.2, -0.15) is 5.10 Å². The van der Waals surface area contributed by atoms with Crippen LogP contribution in [0.5, 0.6) is 11.5 Å². The second-order valence-electron chi connectivity index (χ2n) is 6.98. The number of amides is 1. The molecule has 1 aliphatic rings. The Kier molecular flexibility index (Phi) is 4.22. The molecule has 1 amide bonds. The van der Waals surface area contributed by atoms with Crippen molar-refractivity contribution in [3.05, 3.63) is 41.2 Å². The minimum atomic E-state index is -0.110. The number of aromatic nitrogens is 2. The Bertz CT molecular complexity index is 759. The zero-order chi connectivity index (χ0) is 17.3. The summed E-state index contributed by atoms with van der Waals surface area (Å²) >= 11 is 0. The van der Waals surface area contributed by atoms with Gasteiger partial charge < -0.3 is 14.8 Å². The van der Waals surface area contributed by atoms with Crippen LogP contribution in [0.3, 0.4) is 0 Å². The Morgan fingerprint density at radius 3 is 2.71 bits per heavy atom. The molecule has 0 saturated heterocycles. The maximum Gasteiger partial charge on any atom is 0.269 e. The van der Waals surface area contributed by atoms with E-state index in [1.807, 2.05) is 24.3 Å². The van der Waals surface area contributed by atoms with Crippen LogP contribution >= 0.6 is 0 Å². The molecule has 0 spiro atoms. The lowest BCUT2D eigenvalue weighted by Crippen LogP contribution is -2.27. The van der Waals surface area contributed by atoms with Crippen molar-refractivity contribution in [3.8, 4) is 11.5 Å². The Morgan fingerprint density at radius 2 is 2.00 bits per heavy atom. The summed E-state index contributed by atoms with van der Waals surface area (Å²) in [5, 5.41) is 7.38. The van der Waals surface area contributed by atoms with Crippen molar-refractivity contribution < 1.29 is 14.3 Å². The molecule has 0 fully saturated rings. The first-order valence-electron chi connectivity index (χ1n) is 8.06. The molecule has 0 aliphatic carbocycles. The highest BCUT2D eigenvalue weighted by Gasteiger charge is 2.21. The quantitative estimate of drug-likeness (QED) is 0.935. The highest BCUT2D eigenvalue weighted by molar-refractivity contribution is 5.92. The first kappa shape index (κ1) is 16.4. The molecule has 2 heterocycles. The van der Waals surface area contributed by atoms with Gasteiger partial charge >= 0.3 is 0 Å². The van der Waals surface area contributed by atoms with E-state index in [0.717, 1.165) is 29.2 Å². The number of rotatable bonds is 4. The van der Waals surface area contributed by atoms with E-state index in [9.17, 15) is 4.79 Å². The van der Waals surface area contributed by atoms with Crippen LogP contribution < -0.4 is 14.8 Å². The molecule has 24 heavy (non-hydrogen) atoms. The number of nitrogens with one attached hydrogen (secondary N) is 1. The first-order valence-corrected chi connectivity index (χ1v) is 8.06. The molecular weight excluding hydrogens is 306 g/mol. The lowest BCUT2D eigenvalue weighted by molar-refractivity contribution is 0.0944. The van der Waals surface area contributed by atoms with E-state index in [-0.39, 0.29) is 18.1 Å². The summed E-state index contributed by atoms with van der Waals surface area (Å²) in [6.45, 7) is 7.06. The van der Waals surface area contributed by atoms with Crippen molar-refractivity contribution in [3.63, 3.8) is 0 Å². The third-order valence-corrected chi connectivity index (χ3v) is 4.02. The van der Waals surface area contributed by atoms with Gasteiger partial charge in [-0.15, -0.1) is 0 Å². The summed E-state index contributed by atoms with van der Waals surface area (Å²) in [4.78, 5) is 12.4. The van der Waals surface area contributed by atoms with Crippen molar-refractivity contribution in [2.24, 2.45) is 7.05 Å². The fraction of sp³-hybridized carbons (Fsp3) is 0.444. The van der Waals surface area contributed by atoms with E-state index in [1.165, 1.54) is 0 Å². The van der Waals surface area contributed by atoms with E-state index >= 15 is 0 Å². The molecule has 0 atom stereocenters. The Balaban J connectivity index is 1.59. The summed E-state index contributed by atoms with van der Waals surface area (Å²) in [6, 6.07) is 7.70. The SMILES string of the molecule is Cn1nc(C(C)(C)C)cc1C(=O)NCCc1ccc2c(c1)OCO2. The first-order chi connectivity index (χ1) is 11.3. The third kappa shape index (κ3) is 3.37. The normalized spacial score (nSPS) is 13.2. The predicted molar refractivity (Wildman–Crippen MR) is 90.5 cm³/mol. The van der Waals surface area contributed by atoms with E-state index in [4.69, 9.17) is 9.47 Å². The van der Waals surface area contributed by atoms with Gasteiger partial charge in [0.2, 0.25) is 6.79 Å². The maximum atomic E-state index is 12.4. The number of fused-ring (bicyclic) bond motifs is 1. The maximum absolute atomic E-state index is 12.4. The second-order valence-corrected chi connectivity index (χ2v) is 6.98. The van der Waals surface area contributed by atoms with E-state index in [2.05, 4.69) is 31.2 Å². The van der Waals surface area contributed by atoms with Crippen LogP contribution in [0.15, 0.2) is 24.3 Å². The molecule has 6 nitrogen and oxygen atoms in total. The average molecular weight is 329 g/mol. The van der Waals surface area contributed by atoms with Crippen molar-refractivity contribution in [2.75, 3.05) is 13.3 Å². The fourth-order valence-electron chi connectivity index (χ4n) is 2.55. The Hall–Kier alpha value is -2.50. The number of nitrogens with zero attached hydrogens (tertiary/aromatic N) is 2. The van der Waals surface area contributed by atoms with Gasteiger partial charge in [0, 0.05) is 19.0 Å². The smallest absolute Gasteiger partial charge is 0.269 e. The predicted octanol–water partition coefficient (Wildman–Crippen LogP) is 2.42. The number of hydrogen-bond donors (Lipinski definition) is 1. The summed E-state index contributed by atoms with van der Waals surface area (Å²) in [6.07, 6.45) is 0.729. The number of carbonyl (C=O) groups is 1. The van der Waals surface area contributed by atoms with Crippen LogP contribution in [-0.4, -0.2) is 29.0 Å². The lowest BCUT2D eigenvalue weighted by Gasteiger charge is -2.13. The Labute approximate surface area is 141 Å². The molecular formula is C18H23N3O3. The minimum Gasteiger partial charge on any atom is -0.454 e. The van der Waals surface area contributed by atoms with Crippen molar-refractivity contribution in [1.82, 2.24) is 15.1 Å². The van der Waals surface area contributed by atoms with Gasteiger partial charge in [-0.1, -0.05) is 26.8 Å². The average Bonchev–Trinajstić information content (AvgIpc) is 3.12. The number of benzene rings is 1. The summed E-state index contributed by atoms with van der Waals surface area (Å²) in [5.41, 5.74) is 2.50. The number of hydrogen-bond acceptors (Lipinski definition) is 4. The fourth-order valence-corrected chi connectivity index (χ4v) is 2.55. The second kappa shape index (κ2) is 6.19. The summed E-state index contributed by atoms with van der Waals surface area (Å²) in [7, 11) is 1.79. The van der Waals surface area contributed by atoms with E-state index in [0.29, 0.717) is 12.2 Å². The van der Waals surface area contributed by atoms with Gasteiger partial charge in [-0.25, -0.2) is 0 Å². The molecule has 6 heteroatoms. The molecule has 1 aromatic carbocycles. The number of aryl methyl sites for hydroxylation is 1. The molecule has 0 radical (unpaired) electrons. The third-order valence-electron chi connectivity index (χ3n) is 4.02. The molecule has 0 unspecified atom stereocenters. The van der Waals surface area contributed by atoms with E-state index in [1.54, 1.807) is 11.7 Å². The van der Waals surface area contributed by atoms with Gasteiger partial charge in [-0.05, 0) is 30.2 Å². The van der Waals surface area contributed by atoms with Gasteiger partial charge in [0.25, 0.3) is 5.91 Å². The van der Waals surface area contributed by atoms with Crippen LogP contribution in [-0.2, 0) is 18.9 Å². The highest BCUT2D eigenvalue weighted by atomic mass is 16.7. The Morgan fingerprint density at radius 1 is 1.25 bits per heavy atom. The molecule has 1 aromatic heterocycles. The minimum absolute atomic E-state index is 0.0806. The van der Waals surface area contributed by atoms with E-state index < -0.39 is 0 Å².